The number of nitrogens with two attached hydrogens (primary N) is 1. The number of primary amides is 1. The number of nitrogens with zero attached hydrogens (tertiary/aromatic N) is 1. The Balaban J connectivity index is 1.61. The molecule has 29 heavy (non-hydrogen) atoms. The second kappa shape index (κ2) is 7.66. The minimum atomic E-state index is -0.874. The summed E-state index contributed by atoms with van der Waals surface area (Å²) in [5.41, 5.74) is 8.20. The van der Waals surface area contributed by atoms with Crippen molar-refractivity contribution in [2.24, 2.45) is 5.73 Å². The second-order valence-corrected chi connectivity index (χ2v) is 7.16. The summed E-state index contributed by atoms with van der Waals surface area (Å²) in [4.78, 5) is 18.6. The number of amides is 1. The van der Waals surface area contributed by atoms with Crippen molar-refractivity contribution in [2.45, 2.75) is 6.92 Å². The van der Waals surface area contributed by atoms with Crippen LogP contribution >= 0.6 is 23.2 Å². The van der Waals surface area contributed by atoms with Crippen molar-refractivity contribution in [3.63, 3.8) is 0 Å². The van der Waals surface area contributed by atoms with E-state index in [0.717, 1.165) is 11.1 Å². The summed E-state index contributed by atoms with van der Waals surface area (Å²) in [6.45, 7) is 1.92. The number of halogens is 2. The first-order valence-corrected chi connectivity index (χ1v) is 9.35. The van der Waals surface area contributed by atoms with Gasteiger partial charge in [0, 0.05) is 16.7 Å². The van der Waals surface area contributed by atoms with Crippen molar-refractivity contribution in [1.82, 2.24) is 9.97 Å². The highest BCUT2D eigenvalue weighted by Gasteiger charge is 2.11. The van der Waals surface area contributed by atoms with E-state index in [1.807, 2.05) is 25.1 Å². The third-order valence-corrected chi connectivity index (χ3v) is 4.95. The molecule has 0 saturated carbocycles. The summed E-state index contributed by atoms with van der Waals surface area (Å²) in [6.07, 6.45) is -0.874. The molecule has 3 N–H and O–H groups in total. The number of aromatic nitrogens is 2. The monoisotopic (exact) mass is 427 g/mol. The van der Waals surface area contributed by atoms with Crippen molar-refractivity contribution in [1.29, 1.82) is 0 Å². The van der Waals surface area contributed by atoms with Crippen LogP contribution in [0.15, 0.2) is 54.6 Å². The number of aromatic amines is 1. The van der Waals surface area contributed by atoms with Crippen LogP contribution in [0.4, 0.5) is 4.79 Å². The third kappa shape index (κ3) is 4.13. The molecule has 0 spiro atoms. The second-order valence-electron chi connectivity index (χ2n) is 6.34. The molecule has 0 bridgehead atoms. The van der Waals surface area contributed by atoms with Gasteiger partial charge in [0.2, 0.25) is 0 Å². The molecule has 6 nitrogen and oxygen atoms in total. The molecule has 4 aromatic rings. The molecule has 1 amide bonds. The van der Waals surface area contributed by atoms with E-state index in [0.29, 0.717) is 44.2 Å². The highest BCUT2D eigenvalue weighted by molar-refractivity contribution is 6.32. The SMILES string of the molecule is Cc1ccc(Oc2ccc(-c3nc4ccc(OC(N)=O)cc4[nH]3)cc2Cl)cc1Cl. The van der Waals surface area contributed by atoms with Gasteiger partial charge < -0.3 is 20.2 Å². The van der Waals surface area contributed by atoms with Gasteiger partial charge in [-0.2, -0.15) is 0 Å². The van der Waals surface area contributed by atoms with E-state index in [2.05, 4.69) is 9.97 Å². The van der Waals surface area contributed by atoms with Gasteiger partial charge in [0.1, 0.15) is 23.1 Å². The summed E-state index contributed by atoms with van der Waals surface area (Å²) in [7, 11) is 0. The van der Waals surface area contributed by atoms with Gasteiger partial charge in [-0.3, -0.25) is 0 Å². The molecule has 1 aromatic heterocycles. The quantitative estimate of drug-likeness (QED) is 0.411. The minimum absolute atomic E-state index is 0.332. The molecule has 0 saturated heterocycles. The van der Waals surface area contributed by atoms with E-state index in [4.69, 9.17) is 38.4 Å². The Labute approximate surface area is 176 Å². The van der Waals surface area contributed by atoms with Crippen LogP contribution in [0.3, 0.4) is 0 Å². The molecule has 0 aliphatic carbocycles. The lowest BCUT2D eigenvalue weighted by Gasteiger charge is -2.09. The first kappa shape index (κ1) is 19.1. The number of ether oxygens (including phenoxy) is 2. The molecule has 8 heteroatoms. The molecule has 1 heterocycles. The van der Waals surface area contributed by atoms with Crippen LogP contribution in [0.1, 0.15) is 5.56 Å². The molecule has 0 aliphatic heterocycles. The number of rotatable bonds is 4. The number of nitrogens with one attached hydrogen (secondary N) is 1. The Bertz CT molecular complexity index is 1240. The number of carbonyl (C=O) groups excluding carboxylic acids is 1. The fraction of sp³-hybridized carbons (Fsp3) is 0.0476. The van der Waals surface area contributed by atoms with Crippen LogP contribution in [0.25, 0.3) is 22.4 Å². The van der Waals surface area contributed by atoms with Crippen LogP contribution in [-0.4, -0.2) is 16.1 Å². The maximum atomic E-state index is 10.9. The van der Waals surface area contributed by atoms with Crippen molar-refractivity contribution in [3.05, 3.63) is 70.2 Å². The van der Waals surface area contributed by atoms with Gasteiger partial charge in [0.05, 0.1) is 16.1 Å². The maximum absolute atomic E-state index is 10.9. The van der Waals surface area contributed by atoms with Crippen LogP contribution < -0.4 is 15.2 Å². The predicted molar refractivity (Wildman–Crippen MR) is 113 cm³/mol. The summed E-state index contributed by atoms with van der Waals surface area (Å²) in [5, 5.41) is 1.05. The Kier molecular flexibility index (Phi) is 5.05. The van der Waals surface area contributed by atoms with Gasteiger partial charge >= 0.3 is 6.09 Å². The number of fused-ring (bicyclic) bond motifs is 1. The van der Waals surface area contributed by atoms with E-state index in [-0.39, 0.29) is 0 Å². The van der Waals surface area contributed by atoms with Gasteiger partial charge in [0.25, 0.3) is 0 Å². The fourth-order valence-electron chi connectivity index (χ4n) is 2.80. The van der Waals surface area contributed by atoms with Crippen molar-refractivity contribution < 1.29 is 14.3 Å². The first-order chi connectivity index (χ1) is 13.9. The summed E-state index contributed by atoms with van der Waals surface area (Å²) in [6, 6.07) is 15.8. The molecule has 3 aromatic carbocycles. The van der Waals surface area contributed by atoms with E-state index < -0.39 is 6.09 Å². The molecule has 0 unspecified atom stereocenters. The maximum Gasteiger partial charge on any atom is 0.409 e. The molecular weight excluding hydrogens is 413 g/mol. The van der Waals surface area contributed by atoms with Gasteiger partial charge in [-0.25, -0.2) is 9.78 Å². The molecule has 0 aliphatic rings. The minimum Gasteiger partial charge on any atom is -0.456 e. The van der Waals surface area contributed by atoms with Crippen molar-refractivity contribution in [3.8, 4) is 28.6 Å². The van der Waals surface area contributed by atoms with Crippen molar-refractivity contribution >= 4 is 40.3 Å². The number of hydrogen-bond acceptors (Lipinski definition) is 4. The lowest BCUT2D eigenvalue weighted by molar-refractivity contribution is 0.211. The molecule has 146 valence electrons. The number of hydrogen-bond donors (Lipinski definition) is 2. The van der Waals surface area contributed by atoms with E-state index in [1.165, 1.54) is 0 Å². The molecule has 0 radical (unpaired) electrons. The van der Waals surface area contributed by atoms with Crippen LogP contribution in [0, 0.1) is 6.92 Å². The summed E-state index contributed by atoms with van der Waals surface area (Å²) in [5.74, 6) is 2.05. The lowest BCUT2D eigenvalue weighted by Crippen LogP contribution is -2.16. The average Bonchev–Trinajstić information content (AvgIpc) is 3.09. The number of aryl methyl sites for hydroxylation is 1. The predicted octanol–water partition coefficient (Wildman–Crippen LogP) is 6.09. The number of H-pyrrole nitrogens is 1. The van der Waals surface area contributed by atoms with Crippen LogP contribution in [0.2, 0.25) is 10.0 Å². The summed E-state index contributed by atoms with van der Waals surface area (Å²) >= 11 is 12.6. The number of benzene rings is 3. The highest BCUT2D eigenvalue weighted by atomic mass is 35.5. The lowest BCUT2D eigenvalue weighted by atomic mass is 10.2. The summed E-state index contributed by atoms with van der Waals surface area (Å²) < 4.78 is 10.7. The van der Waals surface area contributed by atoms with E-state index >= 15 is 0 Å². The molecule has 0 atom stereocenters. The van der Waals surface area contributed by atoms with E-state index in [9.17, 15) is 4.79 Å². The third-order valence-electron chi connectivity index (χ3n) is 4.25. The largest absolute Gasteiger partial charge is 0.456 e. The number of imidazole rings is 1. The van der Waals surface area contributed by atoms with Crippen molar-refractivity contribution in [2.75, 3.05) is 0 Å². The van der Waals surface area contributed by atoms with Crippen LogP contribution in [0.5, 0.6) is 17.2 Å². The van der Waals surface area contributed by atoms with E-state index in [1.54, 1.807) is 36.4 Å². The first-order valence-electron chi connectivity index (χ1n) is 8.60. The molecular formula is C21H15Cl2N3O3. The zero-order chi connectivity index (χ0) is 20.5. The molecule has 0 fully saturated rings. The Morgan fingerprint density at radius 1 is 1.00 bits per heavy atom. The van der Waals surface area contributed by atoms with Gasteiger partial charge in [-0.15, -0.1) is 0 Å². The molecule has 4 rings (SSSR count). The topological polar surface area (TPSA) is 90.2 Å². The van der Waals surface area contributed by atoms with Gasteiger partial charge in [-0.1, -0.05) is 29.3 Å². The Morgan fingerprint density at radius 2 is 1.79 bits per heavy atom. The Hall–Kier alpha value is -3.22. The zero-order valence-corrected chi connectivity index (χ0v) is 16.7. The van der Waals surface area contributed by atoms with Gasteiger partial charge in [-0.05, 0) is 55.0 Å². The normalized spacial score (nSPS) is 10.9. The Morgan fingerprint density at radius 3 is 2.52 bits per heavy atom. The zero-order valence-electron chi connectivity index (χ0n) is 15.2. The standard InChI is InChI=1S/C21H15Cl2N3O3/c1-11-2-4-13(9-15(11)22)28-19-7-3-12(8-16(19)23)20-25-17-6-5-14(29-21(24)27)10-18(17)26-20/h2-10H,1H3,(H2,24,27)(H,25,26). The van der Waals surface area contributed by atoms with Gasteiger partial charge in [0.15, 0.2) is 0 Å². The number of carbonyl (C=O) groups is 1. The highest BCUT2D eigenvalue weighted by Crippen LogP contribution is 2.34. The average molecular weight is 428 g/mol. The fourth-order valence-corrected chi connectivity index (χ4v) is 3.19. The van der Waals surface area contributed by atoms with Crippen LogP contribution in [-0.2, 0) is 0 Å². The smallest absolute Gasteiger partial charge is 0.409 e.